The summed E-state index contributed by atoms with van der Waals surface area (Å²) in [6, 6.07) is 0.610. The molecule has 3 nitrogen and oxygen atoms in total. The van der Waals surface area contributed by atoms with Crippen LogP contribution in [0.3, 0.4) is 0 Å². The predicted molar refractivity (Wildman–Crippen MR) is 52.6 cm³/mol. The summed E-state index contributed by atoms with van der Waals surface area (Å²) in [6.45, 7) is 11.0. The molecule has 0 spiro atoms. The first-order chi connectivity index (χ1) is 5.13. The Morgan fingerprint density at radius 1 is 1.25 bits per heavy atom. The molecule has 0 atom stereocenters. The lowest BCUT2D eigenvalue weighted by molar-refractivity contribution is 0.366. The highest BCUT2D eigenvalue weighted by Gasteiger charge is 2.21. The molecule has 0 aromatic carbocycles. The standard InChI is InChI=1S/C9H18N2.H2O/c1-7(2)9-10-5-6-11(9)8(3)4;/h7-8H,5-6H2,1-4H3;1H2. The van der Waals surface area contributed by atoms with Crippen molar-refractivity contribution in [1.29, 1.82) is 0 Å². The smallest absolute Gasteiger partial charge is 0.102 e. The van der Waals surface area contributed by atoms with Crippen LogP contribution in [0.5, 0.6) is 0 Å². The van der Waals surface area contributed by atoms with Crippen LogP contribution in [0, 0.1) is 5.92 Å². The Labute approximate surface area is 74.8 Å². The van der Waals surface area contributed by atoms with Gasteiger partial charge in [-0.2, -0.15) is 0 Å². The van der Waals surface area contributed by atoms with Crippen molar-refractivity contribution in [1.82, 2.24) is 4.90 Å². The highest BCUT2D eigenvalue weighted by atomic mass is 16.0. The van der Waals surface area contributed by atoms with E-state index in [9.17, 15) is 0 Å². The third kappa shape index (κ3) is 2.21. The van der Waals surface area contributed by atoms with Crippen LogP contribution in [0.25, 0.3) is 0 Å². The average molecular weight is 172 g/mol. The molecule has 0 saturated heterocycles. The molecule has 0 aromatic heterocycles. The molecular formula is C9H20N2O. The number of hydrogen-bond donors (Lipinski definition) is 0. The van der Waals surface area contributed by atoms with Gasteiger partial charge in [-0.25, -0.2) is 0 Å². The fraction of sp³-hybridized carbons (Fsp3) is 0.889. The van der Waals surface area contributed by atoms with Crippen LogP contribution in [0.15, 0.2) is 4.99 Å². The van der Waals surface area contributed by atoms with Crippen molar-refractivity contribution < 1.29 is 5.48 Å². The molecule has 1 rings (SSSR count). The van der Waals surface area contributed by atoms with E-state index in [-0.39, 0.29) is 5.48 Å². The van der Waals surface area contributed by atoms with E-state index >= 15 is 0 Å². The molecule has 1 aliphatic rings. The van der Waals surface area contributed by atoms with Crippen molar-refractivity contribution in [3.63, 3.8) is 0 Å². The van der Waals surface area contributed by atoms with Gasteiger partial charge in [0, 0.05) is 18.5 Å². The molecule has 0 fully saturated rings. The van der Waals surface area contributed by atoms with Crippen molar-refractivity contribution in [2.75, 3.05) is 13.1 Å². The van der Waals surface area contributed by atoms with Crippen LogP contribution in [0.4, 0.5) is 0 Å². The minimum Gasteiger partial charge on any atom is -0.412 e. The third-order valence-electron chi connectivity index (χ3n) is 2.05. The monoisotopic (exact) mass is 172 g/mol. The molecule has 0 aromatic rings. The van der Waals surface area contributed by atoms with E-state index in [2.05, 4.69) is 37.6 Å². The minimum atomic E-state index is 0. The summed E-state index contributed by atoms with van der Waals surface area (Å²) in [5, 5.41) is 0. The van der Waals surface area contributed by atoms with Gasteiger partial charge in [-0.3, -0.25) is 4.99 Å². The Kier molecular flexibility index (Phi) is 4.24. The Hall–Kier alpha value is -0.570. The number of amidine groups is 1. The van der Waals surface area contributed by atoms with Crippen LogP contribution in [0.2, 0.25) is 0 Å². The number of nitrogens with zero attached hydrogens (tertiary/aromatic N) is 2. The summed E-state index contributed by atoms with van der Waals surface area (Å²) in [6.07, 6.45) is 0. The molecule has 0 radical (unpaired) electrons. The van der Waals surface area contributed by atoms with Gasteiger partial charge in [-0.05, 0) is 13.8 Å². The molecule has 72 valence electrons. The second-order valence-electron chi connectivity index (χ2n) is 3.68. The summed E-state index contributed by atoms with van der Waals surface area (Å²) >= 11 is 0. The molecular weight excluding hydrogens is 152 g/mol. The second-order valence-corrected chi connectivity index (χ2v) is 3.68. The zero-order valence-corrected chi connectivity index (χ0v) is 8.46. The van der Waals surface area contributed by atoms with Crippen molar-refractivity contribution in [3.05, 3.63) is 0 Å². The van der Waals surface area contributed by atoms with Crippen LogP contribution in [0.1, 0.15) is 27.7 Å². The van der Waals surface area contributed by atoms with Crippen LogP contribution < -0.4 is 0 Å². The van der Waals surface area contributed by atoms with Gasteiger partial charge in [0.1, 0.15) is 5.84 Å². The Bertz CT molecular complexity index is 164. The lowest BCUT2D eigenvalue weighted by Crippen LogP contribution is -2.36. The van der Waals surface area contributed by atoms with Crippen molar-refractivity contribution >= 4 is 5.84 Å². The lowest BCUT2D eigenvalue weighted by Gasteiger charge is -2.26. The number of rotatable bonds is 2. The Morgan fingerprint density at radius 3 is 2.17 bits per heavy atom. The van der Waals surface area contributed by atoms with E-state index in [0.717, 1.165) is 13.1 Å². The van der Waals surface area contributed by atoms with Gasteiger partial charge in [0.05, 0.1) is 6.54 Å². The highest BCUT2D eigenvalue weighted by Crippen LogP contribution is 2.12. The maximum atomic E-state index is 4.48. The van der Waals surface area contributed by atoms with Gasteiger partial charge in [0.2, 0.25) is 0 Å². The normalized spacial score (nSPS) is 16.8. The molecule has 1 aliphatic heterocycles. The second kappa shape index (κ2) is 4.45. The first-order valence-electron chi connectivity index (χ1n) is 4.44. The summed E-state index contributed by atoms with van der Waals surface area (Å²) in [5.74, 6) is 1.87. The molecule has 2 N–H and O–H groups in total. The Morgan fingerprint density at radius 2 is 1.83 bits per heavy atom. The summed E-state index contributed by atoms with van der Waals surface area (Å²) in [4.78, 5) is 6.87. The first kappa shape index (κ1) is 11.4. The number of hydrogen-bond acceptors (Lipinski definition) is 2. The maximum absolute atomic E-state index is 4.48. The van der Waals surface area contributed by atoms with Gasteiger partial charge < -0.3 is 10.4 Å². The van der Waals surface area contributed by atoms with E-state index < -0.39 is 0 Å². The average Bonchev–Trinajstić information content (AvgIpc) is 2.32. The minimum absolute atomic E-state index is 0. The fourth-order valence-electron chi connectivity index (χ4n) is 1.51. The number of aliphatic imine (C=N–C) groups is 1. The van der Waals surface area contributed by atoms with Gasteiger partial charge in [0.15, 0.2) is 0 Å². The Balaban J connectivity index is 0.00000121. The third-order valence-corrected chi connectivity index (χ3v) is 2.05. The van der Waals surface area contributed by atoms with E-state index in [1.165, 1.54) is 5.84 Å². The van der Waals surface area contributed by atoms with E-state index in [0.29, 0.717) is 12.0 Å². The van der Waals surface area contributed by atoms with E-state index in [4.69, 9.17) is 0 Å². The molecule has 3 heteroatoms. The van der Waals surface area contributed by atoms with Gasteiger partial charge in [-0.1, -0.05) is 13.8 Å². The fourth-order valence-corrected chi connectivity index (χ4v) is 1.51. The molecule has 0 bridgehead atoms. The predicted octanol–water partition coefficient (Wildman–Crippen LogP) is 0.940. The van der Waals surface area contributed by atoms with Crippen molar-refractivity contribution in [3.8, 4) is 0 Å². The van der Waals surface area contributed by atoms with Crippen LogP contribution in [-0.2, 0) is 0 Å². The molecule has 0 amide bonds. The maximum Gasteiger partial charge on any atom is 0.102 e. The van der Waals surface area contributed by atoms with Gasteiger partial charge in [-0.15, -0.1) is 0 Å². The summed E-state index contributed by atoms with van der Waals surface area (Å²) < 4.78 is 0. The highest BCUT2D eigenvalue weighted by molar-refractivity contribution is 5.85. The van der Waals surface area contributed by atoms with Gasteiger partial charge in [0.25, 0.3) is 0 Å². The molecule has 12 heavy (non-hydrogen) atoms. The molecule has 1 heterocycles. The van der Waals surface area contributed by atoms with Crippen LogP contribution >= 0.6 is 0 Å². The largest absolute Gasteiger partial charge is 0.412 e. The first-order valence-corrected chi connectivity index (χ1v) is 4.44. The van der Waals surface area contributed by atoms with Gasteiger partial charge >= 0.3 is 0 Å². The quantitative estimate of drug-likeness (QED) is 0.611. The lowest BCUT2D eigenvalue weighted by atomic mass is 10.1. The van der Waals surface area contributed by atoms with Crippen molar-refractivity contribution in [2.24, 2.45) is 10.9 Å². The molecule has 0 saturated carbocycles. The van der Waals surface area contributed by atoms with Crippen molar-refractivity contribution in [2.45, 2.75) is 33.7 Å². The topological polar surface area (TPSA) is 47.1 Å². The molecule has 0 aliphatic carbocycles. The summed E-state index contributed by atoms with van der Waals surface area (Å²) in [7, 11) is 0. The molecule has 0 unspecified atom stereocenters. The van der Waals surface area contributed by atoms with E-state index in [1.807, 2.05) is 0 Å². The zero-order chi connectivity index (χ0) is 8.43. The van der Waals surface area contributed by atoms with Crippen LogP contribution in [-0.4, -0.2) is 35.3 Å². The summed E-state index contributed by atoms with van der Waals surface area (Å²) in [5.41, 5.74) is 0. The SMILES string of the molecule is CC(C)C1=NCCN1C(C)C.O. The zero-order valence-electron chi connectivity index (χ0n) is 8.46. The van der Waals surface area contributed by atoms with E-state index in [1.54, 1.807) is 0 Å².